The molecule has 6 rings (SSSR count). The second-order valence-corrected chi connectivity index (χ2v) is 10.6. The van der Waals surface area contributed by atoms with Gasteiger partial charge in [-0.15, -0.1) is 0 Å². The van der Waals surface area contributed by atoms with Gasteiger partial charge in [0.2, 0.25) is 5.95 Å². The van der Waals surface area contributed by atoms with E-state index in [1.165, 1.54) is 18.9 Å². The highest BCUT2D eigenvalue weighted by Crippen LogP contribution is 2.32. The molecule has 2 unspecified atom stereocenters. The summed E-state index contributed by atoms with van der Waals surface area (Å²) in [5, 5.41) is 6.58. The minimum absolute atomic E-state index is 0.0838. The fourth-order valence-corrected chi connectivity index (χ4v) is 6.01. The average Bonchev–Trinajstić information content (AvgIpc) is 3.51. The van der Waals surface area contributed by atoms with E-state index < -0.39 is 11.6 Å². The molecule has 4 aromatic rings. The van der Waals surface area contributed by atoms with Gasteiger partial charge in [-0.3, -0.25) is 4.90 Å². The molecule has 2 aliphatic rings. The topological polar surface area (TPSA) is 83.8 Å². The van der Waals surface area contributed by atoms with E-state index in [-0.39, 0.29) is 17.1 Å². The third kappa shape index (κ3) is 4.63. The number of rotatable bonds is 6. The molecule has 0 saturated carbocycles. The normalized spacial score (nSPS) is 19.8. The molecule has 8 nitrogen and oxygen atoms in total. The summed E-state index contributed by atoms with van der Waals surface area (Å²) < 4.78 is 31.8. The van der Waals surface area contributed by atoms with E-state index in [2.05, 4.69) is 35.5 Å². The van der Waals surface area contributed by atoms with E-state index in [4.69, 9.17) is 0 Å². The van der Waals surface area contributed by atoms with Crippen molar-refractivity contribution >= 4 is 22.8 Å². The molecule has 0 amide bonds. The summed E-state index contributed by atoms with van der Waals surface area (Å²) in [7, 11) is 0. The SMILES string of the molecule is Cc1nc2c(F)cc(-c3cc(Nc4ncc(CN5CCCC6CNCC65)cn4)ncc3F)cc2n1C(C)C. The van der Waals surface area contributed by atoms with Crippen molar-refractivity contribution in [3.05, 3.63) is 59.8 Å². The van der Waals surface area contributed by atoms with Crippen molar-refractivity contribution in [1.82, 2.24) is 34.7 Å². The van der Waals surface area contributed by atoms with Gasteiger partial charge in [-0.25, -0.2) is 28.7 Å². The van der Waals surface area contributed by atoms with Crippen LogP contribution in [0, 0.1) is 24.5 Å². The molecule has 3 aromatic heterocycles. The van der Waals surface area contributed by atoms with Gasteiger partial charge in [0.1, 0.15) is 23.0 Å². The predicted octanol–water partition coefficient (Wildman–Crippen LogP) is 4.98. The molecule has 0 radical (unpaired) electrons. The van der Waals surface area contributed by atoms with Crippen LogP contribution in [0.1, 0.15) is 44.1 Å². The van der Waals surface area contributed by atoms with E-state index in [0.29, 0.717) is 34.7 Å². The van der Waals surface area contributed by atoms with Crippen molar-refractivity contribution in [2.24, 2.45) is 5.92 Å². The number of fused-ring (bicyclic) bond motifs is 2. The number of aryl methyl sites for hydroxylation is 1. The first kappa shape index (κ1) is 24.8. The maximum Gasteiger partial charge on any atom is 0.228 e. The molecule has 38 heavy (non-hydrogen) atoms. The Bertz CT molecular complexity index is 1470. The van der Waals surface area contributed by atoms with E-state index in [0.717, 1.165) is 43.9 Å². The molecule has 2 N–H and O–H groups in total. The fraction of sp³-hybridized carbons (Fsp3) is 0.429. The van der Waals surface area contributed by atoms with Crippen LogP contribution in [0.4, 0.5) is 20.5 Å². The van der Waals surface area contributed by atoms with Crippen LogP contribution in [0.5, 0.6) is 0 Å². The van der Waals surface area contributed by atoms with Crippen LogP contribution in [0.3, 0.4) is 0 Å². The zero-order valence-corrected chi connectivity index (χ0v) is 21.9. The number of benzene rings is 1. The monoisotopic (exact) mass is 518 g/mol. The number of anilines is 2. The van der Waals surface area contributed by atoms with Crippen molar-refractivity contribution < 1.29 is 8.78 Å². The summed E-state index contributed by atoms with van der Waals surface area (Å²) in [6, 6.07) is 5.31. The van der Waals surface area contributed by atoms with Crippen LogP contribution in [-0.4, -0.2) is 55.1 Å². The Labute approximate surface area is 220 Å². The molecule has 5 heterocycles. The lowest BCUT2D eigenvalue weighted by Crippen LogP contribution is -2.44. The summed E-state index contributed by atoms with van der Waals surface area (Å²) in [6.07, 6.45) is 7.29. The minimum atomic E-state index is -0.542. The lowest BCUT2D eigenvalue weighted by molar-refractivity contribution is 0.117. The fourth-order valence-electron chi connectivity index (χ4n) is 6.01. The Morgan fingerprint density at radius 1 is 1.05 bits per heavy atom. The molecule has 2 fully saturated rings. The van der Waals surface area contributed by atoms with E-state index in [9.17, 15) is 8.78 Å². The van der Waals surface area contributed by atoms with Gasteiger partial charge in [-0.2, -0.15) is 0 Å². The molecular formula is C28H32F2N8. The maximum absolute atomic E-state index is 15.0. The number of nitrogens with zero attached hydrogens (tertiary/aromatic N) is 6. The highest BCUT2D eigenvalue weighted by Gasteiger charge is 2.34. The summed E-state index contributed by atoms with van der Waals surface area (Å²) in [5.41, 5.74) is 2.61. The summed E-state index contributed by atoms with van der Waals surface area (Å²) >= 11 is 0. The molecule has 2 saturated heterocycles. The number of hydrogen-bond acceptors (Lipinski definition) is 7. The van der Waals surface area contributed by atoms with Gasteiger partial charge in [0, 0.05) is 48.7 Å². The quantitative estimate of drug-likeness (QED) is 0.372. The number of pyridine rings is 1. The third-order valence-electron chi connectivity index (χ3n) is 7.73. The van der Waals surface area contributed by atoms with Crippen molar-refractivity contribution in [1.29, 1.82) is 0 Å². The van der Waals surface area contributed by atoms with Crippen LogP contribution in [0.2, 0.25) is 0 Å². The Hall–Kier alpha value is -3.50. The molecule has 10 heteroatoms. The number of likely N-dealkylation sites (tertiary alicyclic amines) is 1. The Kier molecular flexibility index (Phi) is 6.53. The molecule has 0 aliphatic carbocycles. The number of halogens is 2. The third-order valence-corrected chi connectivity index (χ3v) is 7.73. The number of aromatic nitrogens is 5. The zero-order chi connectivity index (χ0) is 26.4. The molecule has 2 atom stereocenters. The van der Waals surface area contributed by atoms with Crippen molar-refractivity contribution in [2.75, 3.05) is 25.0 Å². The Balaban J connectivity index is 1.22. The lowest BCUT2D eigenvalue weighted by atomic mass is 9.92. The van der Waals surface area contributed by atoms with Crippen molar-refractivity contribution in [3.63, 3.8) is 0 Å². The summed E-state index contributed by atoms with van der Waals surface area (Å²) in [4.78, 5) is 20.0. The van der Waals surface area contributed by atoms with Crippen molar-refractivity contribution in [3.8, 4) is 11.1 Å². The number of piperidine rings is 1. The van der Waals surface area contributed by atoms with Crippen molar-refractivity contribution in [2.45, 2.75) is 52.2 Å². The molecule has 2 aliphatic heterocycles. The molecule has 0 spiro atoms. The van der Waals surface area contributed by atoms with Crippen LogP contribution in [0.15, 0.2) is 36.8 Å². The van der Waals surface area contributed by atoms with Crippen LogP contribution in [-0.2, 0) is 6.54 Å². The molecule has 198 valence electrons. The Morgan fingerprint density at radius 3 is 2.66 bits per heavy atom. The smallest absolute Gasteiger partial charge is 0.228 e. The first-order valence-corrected chi connectivity index (χ1v) is 13.2. The second kappa shape index (κ2) is 9.99. The first-order chi connectivity index (χ1) is 18.4. The maximum atomic E-state index is 15.0. The van der Waals surface area contributed by atoms with Gasteiger partial charge in [-0.05, 0) is 76.4 Å². The lowest BCUT2D eigenvalue weighted by Gasteiger charge is -2.36. The van der Waals surface area contributed by atoms with Crippen LogP contribution >= 0.6 is 0 Å². The number of nitrogens with one attached hydrogen (secondary N) is 2. The first-order valence-electron chi connectivity index (χ1n) is 13.2. The van der Waals surface area contributed by atoms with E-state index in [1.807, 2.05) is 37.7 Å². The summed E-state index contributed by atoms with van der Waals surface area (Å²) in [6.45, 7) is 9.92. The van der Waals surface area contributed by atoms with Gasteiger partial charge in [0.05, 0.1) is 11.7 Å². The predicted molar refractivity (Wildman–Crippen MR) is 143 cm³/mol. The highest BCUT2D eigenvalue weighted by molar-refractivity contribution is 5.84. The van der Waals surface area contributed by atoms with Gasteiger partial charge < -0.3 is 15.2 Å². The molecular weight excluding hydrogens is 486 g/mol. The zero-order valence-electron chi connectivity index (χ0n) is 21.9. The molecule has 1 aromatic carbocycles. The largest absolute Gasteiger partial charge is 0.326 e. The van der Waals surface area contributed by atoms with E-state index in [1.54, 1.807) is 12.1 Å². The standard InChI is InChI=1S/C28H32F2N8/c1-16(2)38-17(3)35-27-22(29)7-20(8-24(27)38)21-9-26(32-13-23(21)30)36-28-33-10-18(11-34-28)15-37-6-4-5-19-12-31-14-25(19)37/h7-11,13,16,19,25,31H,4-6,12,14-15H2,1-3H3,(H,32,33,34,36). The van der Waals surface area contributed by atoms with Gasteiger partial charge in [0.25, 0.3) is 0 Å². The van der Waals surface area contributed by atoms with Gasteiger partial charge >= 0.3 is 0 Å². The van der Waals surface area contributed by atoms with Crippen LogP contribution in [0.25, 0.3) is 22.2 Å². The minimum Gasteiger partial charge on any atom is -0.326 e. The van der Waals surface area contributed by atoms with Gasteiger partial charge in [-0.1, -0.05) is 0 Å². The average molecular weight is 519 g/mol. The van der Waals surface area contributed by atoms with Crippen LogP contribution < -0.4 is 10.6 Å². The second-order valence-electron chi connectivity index (χ2n) is 10.6. The number of hydrogen-bond donors (Lipinski definition) is 2. The summed E-state index contributed by atoms with van der Waals surface area (Å²) in [5.74, 6) is 1.15. The van der Waals surface area contributed by atoms with Gasteiger partial charge in [0.15, 0.2) is 5.82 Å². The highest BCUT2D eigenvalue weighted by atomic mass is 19.1. The Morgan fingerprint density at radius 2 is 1.87 bits per heavy atom. The number of imidazole rings is 1. The molecule has 0 bridgehead atoms. The van der Waals surface area contributed by atoms with E-state index >= 15 is 0 Å².